The molecule has 16 heavy (non-hydrogen) atoms. The molecule has 0 aliphatic carbocycles. The number of alkyl halides is 3. The highest BCUT2D eigenvalue weighted by atomic mass is 19.4. The Kier molecular flexibility index (Phi) is 8.46. The Bertz CT molecular complexity index is 257. The zero-order chi connectivity index (χ0) is 12.4. The number of halogens is 3. The van der Waals surface area contributed by atoms with E-state index >= 15 is 0 Å². The summed E-state index contributed by atoms with van der Waals surface area (Å²) >= 11 is 0. The Hall–Kier alpha value is -1.14. The highest BCUT2D eigenvalue weighted by Gasteiger charge is 1.99. The highest BCUT2D eigenvalue weighted by Crippen LogP contribution is 1.99. The van der Waals surface area contributed by atoms with Gasteiger partial charge in [0.1, 0.15) is 0 Å². The Morgan fingerprint density at radius 1 is 1.31 bits per heavy atom. The van der Waals surface area contributed by atoms with Crippen LogP contribution in [0.5, 0.6) is 0 Å². The van der Waals surface area contributed by atoms with Crippen LogP contribution in [-0.2, 0) is 16.1 Å². The van der Waals surface area contributed by atoms with Crippen molar-refractivity contribution in [1.29, 1.82) is 0 Å². The van der Waals surface area contributed by atoms with Crippen molar-refractivity contribution in [2.24, 2.45) is 0 Å². The molecule has 92 valence electrons. The minimum absolute atomic E-state index is 0.174. The predicted octanol–water partition coefficient (Wildman–Crippen LogP) is 2.77. The number of hydrogen-bond donors (Lipinski definition) is 0. The van der Waals surface area contributed by atoms with Crippen LogP contribution in [0.3, 0.4) is 0 Å². The molecule has 1 atom stereocenters. The van der Waals surface area contributed by atoms with Gasteiger partial charge in [-0.1, -0.05) is 6.07 Å². The lowest BCUT2D eigenvalue weighted by molar-refractivity contribution is -0.119. The van der Waals surface area contributed by atoms with Crippen molar-refractivity contribution in [3.63, 3.8) is 0 Å². The van der Waals surface area contributed by atoms with Gasteiger partial charge in [0.15, 0.2) is 6.29 Å². The van der Waals surface area contributed by atoms with Gasteiger partial charge in [-0.3, -0.25) is 4.98 Å². The van der Waals surface area contributed by atoms with E-state index < -0.39 is 6.68 Å². The molecule has 0 saturated carbocycles. The number of hydrogen-bond acceptors (Lipinski definition) is 3. The Morgan fingerprint density at radius 2 is 1.94 bits per heavy atom. The van der Waals surface area contributed by atoms with Gasteiger partial charge in [-0.15, -0.1) is 0 Å². The Labute approximate surface area is 92.2 Å². The first-order valence-corrected chi connectivity index (χ1v) is 4.52. The minimum atomic E-state index is -3.67. The molecule has 0 aliphatic heterocycles. The molecule has 1 aromatic heterocycles. The van der Waals surface area contributed by atoms with Gasteiger partial charge in [0, 0.05) is 13.3 Å². The quantitative estimate of drug-likeness (QED) is 0.754. The van der Waals surface area contributed by atoms with E-state index in [0.29, 0.717) is 6.61 Å². The summed E-state index contributed by atoms with van der Waals surface area (Å²) in [6, 6.07) is 5.73. The summed E-state index contributed by atoms with van der Waals surface area (Å²) in [6.45, 7) is -1.32. The zero-order valence-electron chi connectivity index (χ0n) is 9.07. The van der Waals surface area contributed by atoms with Crippen LogP contribution >= 0.6 is 0 Å². The molecule has 6 heteroatoms. The number of aromatic nitrogens is 1. The summed E-state index contributed by atoms with van der Waals surface area (Å²) in [6.07, 6.45) is 1.57. The van der Waals surface area contributed by atoms with E-state index in [2.05, 4.69) is 4.98 Å². The van der Waals surface area contributed by atoms with Gasteiger partial charge >= 0.3 is 6.68 Å². The molecule has 0 spiro atoms. The second-order valence-corrected chi connectivity index (χ2v) is 2.68. The first kappa shape index (κ1) is 14.9. The van der Waals surface area contributed by atoms with Crippen molar-refractivity contribution in [3.05, 3.63) is 30.1 Å². The molecule has 1 aromatic rings. The fraction of sp³-hybridized carbons (Fsp3) is 0.500. The normalized spacial score (nSPS) is 11.9. The smallest absolute Gasteiger partial charge is 0.356 e. The average molecular weight is 237 g/mol. The van der Waals surface area contributed by atoms with E-state index in [9.17, 15) is 13.2 Å². The minimum Gasteiger partial charge on any atom is -0.356 e. The molecule has 1 unspecified atom stereocenters. The van der Waals surface area contributed by atoms with Crippen LogP contribution in [0.1, 0.15) is 12.6 Å². The Morgan fingerprint density at radius 3 is 2.38 bits per heavy atom. The van der Waals surface area contributed by atoms with Crippen LogP contribution in [-0.4, -0.2) is 25.1 Å². The third-order valence-electron chi connectivity index (χ3n) is 1.52. The van der Waals surface area contributed by atoms with Gasteiger partial charge in [-0.25, -0.2) is 0 Å². The number of rotatable bonds is 4. The third-order valence-corrected chi connectivity index (χ3v) is 1.52. The summed E-state index contributed by atoms with van der Waals surface area (Å²) in [5, 5.41) is 0. The molecule has 0 amide bonds. The van der Waals surface area contributed by atoms with E-state index in [4.69, 9.17) is 9.47 Å². The molecule has 0 aliphatic rings. The maximum absolute atomic E-state index is 9.67. The van der Waals surface area contributed by atoms with Crippen LogP contribution in [0.4, 0.5) is 13.2 Å². The number of methoxy groups -OCH3 is 1. The van der Waals surface area contributed by atoms with E-state index in [1.54, 1.807) is 13.3 Å². The molecule has 0 saturated heterocycles. The van der Waals surface area contributed by atoms with Crippen molar-refractivity contribution >= 4 is 0 Å². The lowest BCUT2D eigenvalue weighted by atomic mass is 10.4. The van der Waals surface area contributed by atoms with Gasteiger partial charge < -0.3 is 9.47 Å². The fourth-order valence-corrected chi connectivity index (χ4v) is 0.754. The Balaban J connectivity index is 0.000000487. The maximum Gasteiger partial charge on any atom is 0.379 e. The first-order valence-electron chi connectivity index (χ1n) is 4.52. The molecule has 0 bridgehead atoms. The molecular weight excluding hydrogens is 223 g/mol. The van der Waals surface area contributed by atoms with Gasteiger partial charge in [-0.2, -0.15) is 13.2 Å². The largest absolute Gasteiger partial charge is 0.379 e. The first-order chi connectivity index (χ1) is 7.56. The van der Waals surface area contributed by atoms with Crippen LogP contribution < -0.4 is 0 Å². The number of ether oxygens (including phenoxy) is 2. The molecule has 0 fully saturated rings. The monoisotopic (exact) mass is 237 g/mol. The maximum atomic E-state index is 9.67. The number of pyridine rings is 1. The van der Waals surface area contributed by atoms with E-state index in [1.807, 2.05) is 25.1 Å². The van der Waals surface area contributed by atoms with E-state index in [0.717, 1.165) is 5.69 Å². The average Bonchev–Trinajstić information content (AvgIpc) is 2.26. The van der Waals surface area contributed by atoms with Crippen molar-refractivity contribution in [3.8, 4) is 0 Å². The summed E-state index contributed by atoms with van der Waals surface area (Å²) < 4.78 is 39.2. The zero-order valence-corrected chi connectivity index (χ0v) is 9.07. The fourth-order valence-electron chi connectivity index (χ4n) is 0.754. The summed E-state index contributed by atoms with van der Waals surface area (Å²) in [4.78, 5) is 4.10. The molecule has 0 aromatic carbocycles. The van der Waals surface area contributed by atoms with Crippen molar-refractivity contribution in [2.45, 2.75) is 26.5 Å². The van der Waals surface area contributed by atoms with E-state index in [1.165, 1.54) is 0 Å². The van der Waals surface area contributed by atoms with Crippen LogP contribution in [0, 0.1) is 0 Å². The topological polar surface area (TPSA) is 31.4 Å². The molecule has 1 rings (SSSR count). The molecule has 0 N–H and O–H groups in total. The molecule has 1 heterocycles. The number of nitrogens with zero attached hydrogens (tertiary/aromatic N) is 1. The van der Waals surface area contributed by atoms with Gasteiger partial charge in [0.05, 0.1) is 12.3 Å². The van der Waals surface area contributed by atoms with Crippen molar-refractivity contribution in [2.75, 3.05) is 7.11 Å². The standard InChI is InChI=1S/C9H13NO2.CHF3/c1-8(11-2)12-7-9-5-3-4-6-10-9;2-1(3)4/h3-6,8H,7H2,1-2H3;1H. The summed E-state index contributed by atoms with van der Waals surface area (Å²) in [5.74, 6) is 0. The van der Waals surface area contributed by atoms with E-state index in [-0.39, 0.29) is 6.29 Å². The van der Waals surface area contributed by atoms with Crippen molar-refractivity contribution in [1.82, 2.24) is 4.98 Å². The van der Waals surface area contributed by atoms with Gasteiger partial charge in [-0.05, 0) is 19.1 Å². The second kappa shape index (κ2) is 9.11. The van der Waals surface area contributed by atoms with Crippen LogP contribution in [0.25, 0.3) is 0 Å². The molecule has 3 nitrogen and oxygen atoms in total. The SMILES string of the molecule is COC(C)OCc1ccccn1.FC(F)F. The third kappa shape index (κ3) is 9.42. The summed E-state index contributed by atoms with van der Waals surface area (Å²) in [5.41, 5.74) is 0.918. The molecular formula is C10H14F3NO2. The lowest BCUT2D eigenvalue weighted by Crippen LogP contribution is -2.10. The molecule has 0 radical (unpaired) electrons. The van der Waals surface area contributed by atoms with Crippen LogP contribution in [0.2, 0.25) is 0 Å². The van der Waals surface area contributed by atoms with Crippen LogP contribution in [0.15, 0.2) is 24.4 Å². The highest BCUT2D eigenvalue weighted by molar-refractivity contribution is 5.01. The second-order valence-electron chi connectivity index (χ2n) is 2.68. The van der Waals surface area contributed by atoms with Gasteiger partial charge in [0.2, 0.25) is 0 Å². The van der Waals surface area contributed by atoms with Crippen molar-refractivity contribution < 1.29 is 22.6 Å². The van der Waals surface area contributed by atoms with Gasteiger partial charge in [0.25, 0.3) is 0 Å². The lowest BCUT2D eigenvalue weighted by Gasteiger charge is -2.09. The predicted molar refractivity (Wildman–Crippen MR) is 52.6 cm³/mol. The summed E-state index contributed by atoms with van der Waals surface area (Å²) in [7, 11) is 1.61.